The van der Waals surface area contributed by atoms with E-state index in [4.69, 9.17) is 5.11 Å². The Hall–Kier alpha value is -1.18. The topological polar surface area (TPSA) is 127 Å². The van der Waals surface area contributed by atoms with Gasteiger partial charge in [0.05, 0.1) is 0 Å². The van der Waals surface area contributed by atoms with Gasteiger partial charge in [0.1, 0.15) is 5.60 Å². The van der Waals surface area contributed by atoms with Gasteiger partial charge < -0.3 is 20.4 Å². The maximum Gasteiger partial charge on any atom is 0.394 e. The number of fused-ring (bicyclic) bond motifs is 5. The third-order valence-corrected chi connectivity index (χ3v) is 11.9. The van der Waals surface area contributed by atoms with Crippen molar-refractivity contribution in [3.8, 4) is 0 Å². The highest BCUT2D eigenvalue weighted by Gasteiger charge is 2.60. The first-order valence-corrected chi connectivity index (χ1v) is 14.5. The lowest BCUT2D eigenvalue weighted by Crippen LogP contribution is -2.64. The highest BCUT2D eigenvalue weighted by Crippen LogP contribution is 2.68. The average molecular weight is 508 g/mol. The third kappa shape index (κ3) is 4.73. The second-order valence-corrected chi connectivity index (χ2v) is 13.7. The minimum atomic E-state index is -3.01. The molecule has 0 aromatic rings. The summed E-state index contributed by atoms with van der Waals surface area (Å²) in [4.78, 5) is 22.1. The smallest absolute Gasteiger partial charge is 0.394 e. The van der Waals surface area contributed by atoms with Crippen LogP contribution in [-0.4, -0.2) is 43.8 Å². The van der Waals surface area contributed by atoms with Gasteiger partial charge in [-0.25, -0.2) is 4.79 Å². The van der Waals surface area contributed by atoms with Crippen molar-refractivity contribution in [1.29, 1.82) is 0 Å². The highest BCUT2D eigenvalue weighted by molar-refractivity contribution is 6.31. The molecule has 0 aromatic heterocycles. The van der Waals surface area contributed by atoms with E-state index in [0.717, 1.165) is 30.1 Å². The summed E-state index contributed by atoms with van der Waals surface area (Å²) in [5.74, 6) is -1.83. The van der Waals surface area contributed by atoms with E-state index in [2.05, 4.69) is 20.8 Å². The monoisotopic (exact) mass is 507 g/mol. The van der Waals surface area contributed by atoms with Gasteiger partial charge in [0.25, 0.3) is 5.91 Å². The van der Waals surface area contributed by atoms with Gasteiger partial charge in [-0.05, 0) is 111 Å². The van der Waals surface area contributed by atoms with E-state index >= 15 is 0 Å². The van der Waals surface area contributed by atoms with Gasteiger partial charge in [0, 0.05) is 0 Å². The molecule has 5 N–H and O–H groups in total. The van der Waals surface area contributed by atoms with E-state index in [1.54, 1.807) is 5.32 Å². The lowest BCUT2D eigenvalue weighted by Gasteiger charge is -2.61. The predicted octanol–water partition coefficient (Wildman–Crippen LogP) is 4.43. The minimum absolute atomic E-state index is 0.0432. The van der Waals surface area contributed by atoms with Crippen molar-refractivity contribution >= 4 is 11.9 Å². The molecule has 4 aliphatic carbocycles. The zero-order valence-electron chi connectivity index (χ0n) is 22.8. The van der Waals surface area contributed by atoms with Crippen LogP contribution in [0.4, 0.5) is 0 Å². The number of carbonyl (C=O) groups excluding carboxylic acids is 1. The van der Waals surface area contributed by atoms with Gasteiger partial charge >= 0.3 is 11.9 Å². The first-order chi connectivity index (χ1) is 16.7. The molecule has 0 aliphatic heterocycles. The van der Waals surface area contributed by atoms with Crippen molar-refractivity contribution in [1.82, 2.24) is 5.32 Å². The molecule has 4 fully saturated rings. The van der Waals surface area contributed by atoms with Crippen LogP contribution >= 0.6 is 0 Å². The van der Waals surface area contributed by atoms with E-state index < -0.39 is 23.4 Å². The Morgan fingerprint density at radius 1 is 0.944 bits per heavy atom. The summed E-state index contributed by atoms with van der Waals surface area (Å²) in [5.41, 5.74) is -1.16. The van der Waals surface area contributed by atoms with Crippen molar-refractivity contribution in [2.24, 2.45) is 46.3 Å². The van der Waals surface area contributed by atoms with Crippen LogP contribution in [0.15, 0.2) is 0 Å². The summed E-state index contributed by atoms with van der Waals surface area (Å²) in [6.45, 7) is 8.69. The van der Waals surface area contributed by atoms with Crippen molar-refractivity contribution in [2.75, 3.05) is 0 Å². The number of rotatable bonds is 7. The van der Waals surface area contributed by atoms with Gasteiger partial charge in [0.2, 0.25) is 0 Å². The lowest BCUT2D eigenvalue weighted by molar-refractivity contribution is -0.285. The van der Waals surface area contributed by atoms with Crippen LogP contribution < -0.4 is 5.32 Å². The molecule has 4 saturated carbocycles. The van der Waals surface area contributed by atoms with E-state index in [9.17, 15) is 24.9 Å². The highest BCUT2D eigenvalue weighted by atomic mass is 16.6. The molecular formula is C29H49NO6. The SMILES string of the molecule is C[C@H](CCCC(C)(O)C(O)(O)NC(=O)C(=O)O)[C@H]1CC[C@H]2[C@@H]3CCC4CCCC[C@]4(C)[C@H]3CC[C@]12C. The molecule has 206 valence electrons. The van der Waals surface area contributed by atoms with Gasteiger partial charge in [0.15, 0.2) is 0 Å². The van der Waals surface area contributed by atoms with E-state index in [0.29, 0.717) is 29.1 Å². The van der Waals surface area contributed by atoms with E-state index in [1.807, 2.05) is 0 Å². The summed E-state index contributed by atoms with van der Waals surface area (Å²) < 4.78 is 0. The molecule has 0 radical (unpaired) electrons. The molecule has 1 amide bonds. The van der Waals surface area contributed by atoms with Crippen LogP contribution in [0.5, 0.6) is 0 Å². The molecule has 9 atom stereocenters. The van der Waals surface area contributed by atoms with E-state index in [-0.39, 0.29) is 6.42 Å². The quantitative estimate of drug-likeness (QED) is 0.256. The van der Waals surface area contributed by atoms with Crippen LogP contribution in [0, 0.1) is 46.3 Å². The fraction of sp³-hybridized carbons (Fsp3) is 0.931. The third-order valence-electron chi connectivity index (χ3n) is 11.9. The fourth-order valence-electron chi connectivity index (χ4n) is 9.76. The van der Waals surface area contributed by atoms with Gasteiger partial charge in [-0.1, -0.05) is 46.5 Å². The molecule has 0 aromatic carbocycles. The van der Waals surface area contributed by atoms with Gasteiger partial charge in [-0.15, -0.1) is 0 Å². The first kappa shape index (κ1) is 27.8. The molecule has 4 rings (SSSR count). The summed E-state index contributed by atoms with van der Waals surface area (Å²) in [7, 11) is 0. The molecule has 0 heterocycles. The Bertz CT molecular complexity index is 842. The summed E-state index contributed by atoms with van der Waals surface area (Å²) >= 11 is 0. The Morgan fingerprint density at radius 2 is 1.64 bits per heavy atom. The normalized spacial score (nSPS) is 40.8. The second kappa shape index (κ2) is 9.85. The molecule has 36 heavy (non-hydrogen) atoms. The number of aliphatic hydroxyl groups is 3. The zero-order chi connectivity index (χ0) is 26.5. The zero-order valence-corrected chi connectivity index (χ0v) is 22.8. The number of amides is 1. The molecule has 7 heteroatoms. The van der Waals surface area contributed by atoms with Crippen LogP contribution in [0.3, 0.4) is 0 Å². The van der Waals surface area contributed by atoms with Crippen LogP contribution in [-0.2, 0) is 9.59 Å². The molecule has 0 bridgehead atoms. The molecular weight excluding hydrogens is 458 g/mol. The number of nitrogens with one attached hydrogen (secondary N) is 1. The van der Waals surface area contributed by atoms with Gasteiger partial charge in [-0.2, -0.15) is 0 Å². The number of hydrogen-bond donors (Lipinski definition) is 5. The molecule has 0 spiro atoms. The molecule has 7 nitrogen and oxygen atoms in total. The minimum Gasteiger partial charge on any atom is -0.474 e. The van der Waals surface area contributed by atoms with Crippen LogP contribution in [0.2, 0.25) is 0 Å². The standard InChI is InChI=1S/C29H49NO6/c1-18(8-7-16-28(4,34)29(35,36)30-24(31)25(32)33)21-12-13-22-20-11-10-19-9-5-6-15-26(19,2)23(20)14-17-27(21,22)3/h18-23,34-36H,5-17H2,1-4H3,(H,30,31)(H,32,33)/t18-,19?,20+,21-,22+,23+,26+,27-,28?/m1/s1. The van der Waals surface area contributed by atoms with Crippen LogP contribution in [0.25, 0.3) is 0 Å². The largest absolute Gasteiger partial charge is 0.474 e. The molecule has 2 unspecified atom stereocenters. The van der Waals surface area contributed by atoms with E-state index in [1.165, 1.54) is 71.1 Å². The van der Waals surface area contributed by atoms with Gasteiger partial charge in [-0.3, -0.25) is 10.1 Å². The predicted molar refractivity (Wildman–Crippen MR) is 136 cm³/mol. The summed E-state index contributed by atoms with van der Waals surface area (Å²) in [5, 5.41) is 41.3. The molecule has 0 saturated heterocycles. The summed E-state index contributed by atoms with van der Waals surface area (Å²) in [6, 6.07) is 0. The Balaban J connectivity index is 1.36. The van der Waals surface area contributed by atoms with Crippen molar-refractivity contribution in [3.05, 3.63) is 0 Å². The number of carbonyl (C=O) groups is 2. The summed E-state index contributed by atoms with van der Waals surface area (Å²) in [6.07, 6.45) is 15.2. The Kier molecular flexibility index (Phi) is 7.62. The maximum atomic E-state index is 11.4. The number of hydrogen-bond acceptors (Lipinski definition) is 5. The number of aliphatic carboxylic acids is 1. The van der Waals surface area contributed by atoms with Crippen LogP contribution in [0.1, 0.15) is 111 Å². The average Bonchev–Trinajstić information content (AvgIpc) is 3.15. The van der Waals surface area contributed by atoms with Crippen molar-refractivity contribution < 1.29 is 30.0 Å². The Labute approximate surface area is 216 Å². The number of carboxylic acids is 1. The fourth-order valence-corrected chi connectivity index (χ4v) is 9.76. The Morgan fingerprint density at radius 3 is 2.33 bits per heavy atom. The number of carboxylic acid groups (broad SMARTS) is 1. The van der Waals surface area contributed by atoms with Crippen molar-refractivity contribution in [3.63, 3.8) is 0 Å². The first-order valence-electron chi connectivity index (χ1n) is 14.5. The van der Waals surface area contributed by atoms with Crippen molar-refractivity contribution in [2.45, 2.75) is 123 Å². The lowest BCUT2D eigenvalue weighted by atomic mass is 9.44. The molecule has 4 aliphatic rings. The second-order valence-electron chi connectivity index (χ2n) is 13.7. The maximum absolute atomic E-state index is 11.4.